The van der Waals surface area contributed by atoms with Gasteiger partial charge in [0.15, 0.2) is 9.84 Å². The molecule has 0 radical (unpaired) electrons. The maximum atomic E-state index is 13.1. The second kappa shape index (κ2) is 10.7. The van der Waals surface area contributed by atoms with Gasteiger partial charge in [0, 0.05) is 0 Å². The van der Waals surface area contributed by atoms with Crippen LogP contribution in [0, 0.1) is 29.6 Å². The predicted molar refractivity (Wildman–Crippen MR) is 127 cm³/mol. The van der Waals surface area contributed by atoms with Crippen molar-refractivity contribution < 1.29 is 8.42 Å². The minimum atomic E-state index is -2.87. The van der Waals surface area contributed by atoms with E-state index in [4.69, 9.17) is 0 Å². The number of hydrogen-bond acceptors (Lipinski definition) is 2. The molecule has 174 valence electrons. The van der Waals surface area contributed by atoms with Gasteiger partial charge in [-0.2, -0.15) is 0 Å². The van der Waals surface area contributed by atoms with Crippen molar-refractivity contribution in [3.05, 3.63) is 0 Å². The van der Waals surface area contributed by atoms with Gasteiger partial charge in [-0.3, -0.25) is 0 Å². The first kappa shape index (κ1) is 23.1. The Morgan fingerprint density at radius 3 is 1.33 bits per heavy atom. The van der Waals surface area contributed by atoms with E-state index in [1.165, 1.54) is 83.5 Å². The lowest BCUT2D eigenvalue weighted by molar-refractivity contribution is 0.174. The molecule has 0 aromatic carbocycles. The minimum absolute atomic E-state index is 0.00421. The Bertz CT molecular complexity index is 597. The molecular weight excluding hydrogens is 388 g/mol. The third kappa shape index (κ3) is 6.04. The molecule has 4 aliphatic carbocycles. The van der Waals surface area contributed by atoms with Gasteiger partial charge in [0.2, 0.25) is 0 Å². The van der Waals surface area contributed by atoms with Gasteiger partial charge in [-0.05, 0) is 81.0 Å². The predicted octanol–water partition coefficient (Wildman–Crippen LogP) is 7.71. The molecule has 0 aromatic heterocycles. The second-order valence-electron chi connectivity index (χ2n) is 12.0. The minimum Gasteiger partial charge on any atom is -0.228 e. The van der Waals surface area contributed by atoms with Crippen molar-refractivity contribution in [3.63, 3.8) is 0 Å². The molecule has 4 saturated carbocycles. The van der Waals surface area contributed by atoms with E-state index in [0.717, 1.165) is 68.1 Å². The van der Waals surface area contributed by atoms with Crippen molar-refractivity contribution in [1.82, 2.24) is 0 Å². The summed E-state index contributed by atoms with van der Waals surface area (Å²) in [5.74, 6) is 4.76. The summed E-state index contributed by atoms with van der Waals surface area (Å²) in [4.78, 5) is 0. The van der Waals surface area contributed by atoms with Crippen LogP contribution in [0.25, 0.3) is 0 Å². The van der Waals surface area contributed by atoms with Gasteiger partial charge < -0.3 is 0 Å². The number of rotatable bonds is 6. The van der Waals surface area contributed by atoms with Crippen molar-refractivity contribution in [2.75, 3.05) is 0 Å². The smallest absolute Gasteiger partial charge is 0.156 e. The lowest BCUT2D eigenvalue weighted by atomic mass is 9.71. The third-order valence-electron chi connectivity index (χ3n) is 9.71. The van der Waals surface area contributed by atoms with Crippen LogP contribution in [0.5, 0.6) is 0 Å². The summed E-state index contributed by atoms with van der Waals surface area (Å²) in [6.07, 6.45) is 24.3. The highest BCUT2D eigenvalue weighted by atomic mass is 32.2. The Hall–Kier alpha value is -0.0500. The second-order valence-corrected chi connectivity index (χ2v) is 14.5. The van der Waals surface area contributed by atoms with Crippen LogP contribution in [-0.4, -0.2) is 18.9 Å². The Balaban J connectivity index is 1.15. The fraction of sp³-hybridized carbons (Fsp3) is 1.00. The maximum absolute atomic E-state index is 13.1. The maximum Gasteiger partial charge on any atom is 0.156 e. The van der Waals surface area contributed by atoms with Crippen LogP contribution in [0.1, 0.15) is 129 Å². The summed E-state index contributed by atoms with van der Waals surface area (Å²) in [5.41, 5.74) is 0. The quantitative estimate of drug-likeness (QED) is 0.427. The molecule has 4 rings (SSSR count). The van der Waals surface area contributed by atoms with Crippen molar-refractivity contribution in [1.29, 1.82) is 0 Å². The molecule has 0 atom stereocenters. The highest BCUT2D eigenvalue weighted by Gasteiger charge is 2.37. The largest absolute Gasteiger partial charge is 0.228 e. The van der Waals surface area contributed by atoms with Gasteiger partial charge in [0.1, 0.15) is 0 Å². The zero-order chi connectivity index (χ0) is 21.0. The molecular formula is C27H48O2S. The van der Waals surface area contributed by atoms with Crippen LogP contribution in [0.4, 0.5) is 0 Å². The fourth-order valence-electron chi connectivity index (χ4n) is 7.57. The SMILES string of the molecule is CC1CCC(CC2CCC(CC3CCC(S(=O)(=O)C4CCCCC4)CC3)CC2)CC1. The summed E-state index contributed by atoms with van der Waals surface area (Å²) in [6, 6.07) is 0. The Labute approximate surface area is 187 Å². The van der Waals surface area contributed by atoms with Crippen molar-refractivity contribution in [2.45, 2.75) is 139 Å². The molecule has 30 heavy (non-hydrogen) atoms. The van der Waals surface area contributed by atoms with Crippen LogP contribution >= 0.6 is 0 Å². The van der Waals surface area contributed by atoms with E-state index in [-0.39, 0.29) is 10.5 Å². The third-order valence-corrected chi connectivity index (χ3v) is 12.5. The molecule has 0 saturated heterocycles. The first-order valence-electron chi connectivity index (χ1n) is 13.7. The Morgan fingerprint density at radius 2 is 0.867 bits per heavy atom. The van der Waals surface area contributed by atoms with Gasteiger partial charge in [0.25, 0.3) is 0 Å². The fourth-order valence-corrected chi connectivity index (χ4v) is 10.0. The molecule has 3 heteroatoms. The zero-order valence-electron chi connectivity index (χ0n) is 19.7. The highest BCUT2D eigenvalue weighted by Crippen LogP contribution is 2.42. The molecule has 4 aliphatic rings. The Morgan fingerprint density at radius 1 is 0.500 bits per heavy atom. The van der Waals surface area contributed by atoms with Gasteiger partial charge in [0.05, 0.1) is 10.5 Å². The first-order valence-corrected chi connectivity index (χ1v) is 15.3. The van der Waals surface area contributed by atoms with E-state index in [0.29, 0.717) is 0 Å². The van der Waals surface area contributed by atoms with Crippen molar-refractivity contribution >= 4 is 9.84 Å². The summed E-state index contributed by atoms with van der Waals surface area (Å²) in [6.45, 7) is 2.43. The summed E-state index contributed by atoms with van der Waals surface area (Å²) in [5, 5.41) is -0.0127. The molecule has 0 unspecified atom stereocenters. The molecule has 4 fully saturated rings. The summed E-state index contributed by atoms with van der Waals surface area (Å²) in [7, 11) is -2.87. The normalized spacial score (nSPS) is 39.6. The molecule has 0 amide bonds. The topological polar surface area (TPSA) is 34.1 Å². The average Bonchev–Trinajstić information content (AvgIpc) is 2.78. The van der Waals surface area contributed by atoms with Gasteiger partial charge in [-0.1, -0.05) is 77.6 Å². The van der Waals surface area contributed by atoms with Crippen LogP contribution in [0.3, 0.4) is 0 Å². The number of sulfone groups is 1. The molecule has 0 N–H and O–H groups in total. The van der Waals surface area contributed by atoms with Crippen LogP contribution in [-0.2, 0) is 9.84 Å². The van der Waals surface area contributed by atoms with E-state index < -0.39 is 9.84 Å². The molecule has 0 aliphatic heterocycles. The molecule has 0 aromatic rings. The molecule has 2 nitrogen and oxygen atoms in total. The average molecular weight is 437 g/mol. The van der Waals surface area contributed by atoms with E-state index in [1.54, 1.807) is 0 Å². The Kier molecular flexibility index (Phi) is 8.25. The molecule has 0 bridgehead atoms. The van der Waals surface area contributed by atoms with E-state index in [1.807, 2.05) is 0 Å². The molecule has 0 spiro atoms. The standard InChI is InChI=1S/C27H48O2S/c1-21-7-9-22(10-8-21)19-23-11-13-24(14-12-23)20-25-15-17-27(18-16-25)30(28,29)26-5-3-2-4-6-26/h21-27H,2-20H2,1H3. The van der Waals surface area contributed by atoms with Gasteiger partial charge >= 0.3 is 0 Å². The zero-order valence-corrected chi connectivity index (χ0v) is 20.5. The summed E-state index contributed by atoms with van der Waals surface area (Å²) >= 11 is 0. The van der Waals surface area contributed by atoms with Crippen molar-refractivity contribution in [3.8, 4) is 0 Å². The monoisotopic (exact) mass is 436 g/mol. The van der Waals surface area contributed by atoms with Gasteiger partial charge in [-0.15, -0.1) is 0 Å². The number of hydrogen-bond donors (Lipinski definition) is 0. The van der Waals surface area contributed by atoms with Crippen LogP contribution in [0.15, 0.2) is 0 Å². The van der Waals surface area contributed by atoms with Crippen LogP contribution in [0.2, 0.25) is 0 Å². The van der Waals surface area contributed by atoms with E-state index in [2.05, 4.69) is 6.92 Å². The van der Waals surface area contributed by atoms with Crippen LogP contribution < -0.4 is 0 Å². The first-order chi connectivity index (χ1) is 14.5. The van der Waals surface area contributed by atoms with Gasteiger partial charge in [-0.25, -0.2) is 8.42 Å². The highest BCUT2D eigenvalue weighted by molar-refractivity contribution is 7.92. The van der Waals surface area contributed by atoms with E-state index >= 15 is 0 Å². The van der Waals surface area contributed by atoms with E-state index in [9.17, 15) is 8.42 Å². The lowest BCUT2D eigenvalue weighted by Gasteiger charge is -2.36. The molecule has 0 heterocycles. The summed E-state index contributed by atoms with van der Waals surface area (Å²) < 4.78 is 26.1. The lowest BCUT2D eigenvalue weighted by Crippen LogP contribution is -2.36. The van der Waals surface area contributed by atoms with Crippen molar-refractivity contribution in [2.24, 2.45) is 29.6 Å².